The lowest BCUT2D eigenvalue weighted by Gasteiger charge is -2.46. The number of piperidine rings is 1. The van der Waals surface area contributed by atoms with Gasteiger partial charge in [-0.15, -0.1) is 0 Å². The van der Waals surface area contributed by atoms with E-state index in [4.69, 9.17) is 4.74 Å². The number of carbonyl (C=O) groups is 1. The highest BCUT2D eigenvalue weighted by molar-refractivity contribution is 5.92. The van der Waals surface area contributed by atoms with Gasteiger partial charge in [0.25, 0.3) is 5.91 Å². The van der Waals surface area contributed by atoms with Crippen molar-refractivity contribution < 1.29 is 13.9 Å². The zero-order valence-electron chi connectivity index (χ0n) is 15.4. The first kappa shape index (κ1) is 18.1. The average molecular weight is 368 g/mol. The highest BCUT2D eigenvalue weighted by Gasteiger charge is 2.41. The summed E-state index contributed by atoms with van der Waals surface area (Å²) < 4.78 is 19.3. The summed E-state index contributed by atoms with van der Waals surface area (Å²) in [7, 11) is 0. The van der Waals surface area contributed by atoms with Crippen LogP contribution in [0, 0.1) is 11.7 Å². The first-order valence-corrected chi connectivity index (χ1v) is 9.72. The largest absolute Gasteiger partial charge is 0.375 e. The molecule has 27 heavy (non-hydrogen) atoms. The van der Waals surface area contributed by atoms with E-state index in [0.717, 1.165) is 38.7 Å². The number of halogens is 1. The summed E-state index contributed by atoms with van der Waals surface area (Å²) in [5, 5.41) is 0. The fourth-order valence-corrected chi connectivity index (χ4v) is 4.37. The van der Waals surface area contributed by atoms with Gasteiger partial charge in [-0.2, -0.15) is 0 Å². The third kappa shape index (κ3) is 4.19. The fourth-order valence-electron chi connectivity index (χ4n) is 4.37. The van der Waals surface area contributed by atoms with Gasteiger partial charge in [0.15, 0.2) is 0 Å². The third-order valence-corrected chi connectivity index (χ3v) is 5.88. The predicted molar refractivity (Wildman–Crippen MR) is 101 cm³/mol. The lowest BCUT2D eigenvalue weighted by Crippen LogP contribution is -2.51. The van der Waals surface area contributed by atoms with Crippen molar-refractivity contribution in [2.75, 3.05) is 19.7 Å². The number of ether oxygens (including phenoxy) is 1. The lowest BCUT2D eigenvalue weighted by atomic mass is 9.77. The molecule has 0 N–H and O–H groups in total. The minimum Gasteiger partial charge on any atom is -0.375 e. The van der Waals surface area contributed by atoms with E-state index in [9.17, 15) is 9.18 Å². The van der Waals surface area contributed by atoms with Gasteiger partial charge in [0, 0.05) is 25.9 Å². The molecule has 2 saturated heterocycles. The van der Waals surface area contributed by atoms with Crippen molar-refractivity contribution in [3.05, 3.63) is 65.7 Å². The molecule has 2 aliphatic heterocycles. The molecule has 1 unspecified atom stereocenters. The van der Waals surface area contributed by atoms with Gasteiger partial charge in [-0.1, -0.05) is 18.2 Å². The molecule has 2 fully saturated rings. The van der Waals surface area contributed by atoms with Crippen molar-refractivity contribution in [3.63, 3.8) is 0 Å². The summed E-state index contributed by atoms with van der Waals surface area (Å²) in [5.74, 6) is 0.360. The van der Waals surface area contributed by atoms with Crippen LogP contribution >= 0.6 is 0 Å². The maximum Gasteiger partial charge on any atom is 0.272 e. The van der Waals surface area contributed by atoms with Crippen LogP contribution in [0.3, 0.4) is 0 Å². The number of hydrogen-bond donors (Lipinski definition) is 0. The molecule has 0 radical (unpaired) electrons. The van der Waals surface area contributed by atoms with E-state index in [-0.39, 0.29) is 17.3 Å². The minimum atomic E-state index is -0.188. The van der Waals surface area contributed by atoms with Crippen LogP contribution < -0.4 is 0 Å². The maximum atomic E-state index is 13.1. The normalized spacial score (nSPS) is 22.0. The average Bonchev–Trinajstić information content (AvgIpc) is 2.71. The maximum absolute atomic E-state index is 13.1. The summed E-state index contributed by atoms with van der Waals surface area (Å²) in [5.41, 5.74) is 1.57. The first-order valence-electron chi connectivity index (χ1n) is 9.72. The first-order chi connectivity index (χ1) is 13.1. The number of hydrogen-bond acceptors (Lipinski definition) is 3. The van der Waals surface area contributed by atoms with E-state index in [1.54, 1.807) is 12.3 Å². The molecule has 1 spiro atoms. The van der Waals surface area contributed by atoms with Crippen molar-refractivity contribution in [3.8, 4) is 0 Å². The summed E-state index contributed by atoms with van der Waals surface area (Å²) in [6, 6.07) is 12.3. The van der Waals surface area contributed by atoms with Gasteiger partial charge in [0.1, 0.15) is 11.5 Å². The molecule has 3 heterocycles. The monoisotopic (exact) mass is 368 g/mol. The summed E-state index contributed by atoms with van der Waals surface area (Å²) in [6.07, 6.45) is 6.40. The molecule has 1 aromatic heterocycles. The van der Waals surface area contributed by atoms with Gasteiger partial charge in [0.2, 0.25) is 0 Å². The number of nitrogens with zero attached hydrogens (tertiary/aromatic N) is 2. The second-order valence-corrected chi connectivity index (χ2v) is 7.73. The Balaban J connectivity index is 1.35. The third-order valence-electron chi connectivity index (χ3n) is 5.88. The Bertz CT molecular complexity index is 771. The molecule has 0 aliphatic carbocycles. The van der Waals surface area contributed by atoms with Gasteiger partial charge in [-0.05, 0) is 67.9 Å². The zero-order chi connectivity index (χ0) is 18.7. The van der Waals surface area contributed by atoms with E-state index in [0.29, 0.717) is 24.7 Å². The molecule has 0 saturated carbocycles. The topological polar surface area (TPSA) is 42.4 Å². The molecule has 4 rings (SSSR count). The molecular weight excluding hydrogens is 343 g/mol. The summed E-state index contributed by atoms with van der Waals surface area (Å²) >= 11 is 0. The van der Waals surface area contributed by atoms with Crippen molar-refractivity contribution in [2.45, 2.75) is 37.7 Å². The Morgan fingerprint density at radius 1 is 1.19 bits per heavy atom. The predicted octanol–water partition coefficient (Wildman–Crippen LogP) is 3.86. The van der Waals surface area contributed by atoms with Gasteiger partial charge in [-0.25, -0.2) is 4.39 Å². The van der Waals surface area contributed by atoms with Crippen LogP contribution in [0.2, 0.25) is 0 Å². The van der Waals surface area contributed by atoms with E-state index in [1.165, 1.54) is 17.7 Å². The Labute approximate surface area is 159 Å². The van der Waals surface area contributed by atoms with Gasteiger partial charge >= 0.3 is 0 Å². The van der Waals surface area contributed by atoms with Crippen molar-refractivity contribution in [1.29, 1.82) is 0 Å². The Hall–Kier alpha value is -2.27. The second kappa shape index (κ2) is 7.77. The highest BCUT2D eigenvalue weighted by atomic mass is 19.1. The Kier molecular flexibility index (Phi) is 5.21. The fraction of sp³-hybridized carbons (Fsp3) is 0.455. The number of likely N-dealkylation sites (tertiary alicyclic amines) is 1. The van der Waals surface area contributed by atoms with E-state index < -0.39 is 0 Å². The van der Waals surface area contributed by atoms with Crippen molar-refractivity contribution >= 4 is 5.91 Å². The number of benzene rings is 1. The molecule has 5 heteroatoms. The van der Waals surface area contributed by atoms with E-state index in [1.807, 2.05) is 29.2 Å². The van der Waals surface area contributed by atoms with E-state index >= 15 is 0 Å². The quantitative estimate of drug-likeness (QED) is 0.826. The Morgan fingerprint density at radius 3 is 2.67 bits per heavy atom. The van der Waals surface area contributed by atoms with Crippen LogP contribution in [-0.2, 0) is 11.2 Å². The number of rotatable bonds is 3. The molecule has 4 nitrogen and oxygen atoms in total. The number of amides is 1. The lowest BCUT2D eigenvalue weighted by molar-refractivity contribution is -0.123. The molecule has 2 aromatic rings. The van der Waals surface area contributed by atoms with Gasteiger partial charge in [0.05, 0.1) is 5.60 Å². The molecule has 0 bridgehead atoms. The molecule has 142 valence electrons. The number of pyridine rings is 1. The Morgan fingerprint density at radius 2 is 1.96 bits per heavy atom. The van der Waals surface area contributed by atoms with Crippen LogP contribution in [0.1, 0.15) is 41.7 Å². The minimum absolute atomic E-state index is 0.00382. The molecule has 1 atom stereocenters. The SMILES string of the molecule is O=C(c1ccccn1)N1CCC2(CC1)CC(Cc1ccc(F)cc1)CCO2. The zero-order valence-corrected chi connectivity index (χ0v) is 15.4. The second-order valence-electron chi connectivity index (χ2n) is 7.73. The summed E-state index contributed by atoms with van der Waals surface area (Å²) in [6.45, 7) is 2.18. The van der Waals surface area contributed by atoms with Crippen LogP contribution in [-0.4, -0.2) is 41.1 Å². The molecule has 1 aromatic carbocycles. The van der Waals surface area contributed by atoms with Crippen molar-refractivity contribution in [1.82, 2.24) is 9.88 Å². The van der Waals surface area contributed by atoms with E-state index in [2.05, 4.69) is 4.98 Å². The van der Waals surface area contributed by atoms with Gasteiger partial charge in [-0.3, -0.25) is 9.78 Å². The number of carbonyl (C=O) groups excluding carboxylic acids is 1. The van der Waals surface area contributed by atoms with Gasteiger partial charge < -0.3 is 9.64 Å². The van der Waals surface area contributed by atoms with Crippen molar-refractivity contribution in [2.24, 2.45) is 5.92 Å². The van der Waals surface area contributed by atoms with Crippen LogP contribution in [0.4, 0.5) is 4.39 Å². The summed E-state index contributed by atoms with van der Waals surface area (Å²) in [4.78, 5) is 18.7. The molecular formula is C22H25FN2O2. The van der Waals surface area contributed by atoms with Crippen LogP contribution in [0.15, 0.2) is 48.7 Å². The smallest absolute Gasteiger partial charge is 0.272 e. The molecule has 2 aliphatic rings. The molecule has 1 amide bonds. The number of aromatic nitrogens is 1. The highest BCUT2D eigenvalue weighted by Crippen LogP contribution is 2.39. The van der Waals surface area contributed by atoms with Crippen LogP contribution in [0.25, 0.3) is 0 Å². The standard InChI is InChI=1S/C22H25FN2O2/c23-19-6-4-17(5-7-19)15-18-8-14-27-22(16-18)9-12-25(13-10-22)21(26)20-3-1-2-11-24-20/h1-7,11,18H,8-10,12-16H2. The van der Waals surface area contributed by atoms with Crippen LogP contribution in [0.5, 0.6) is 0 Å².